The van der Waals surface area contributed by atoms with Crippen LogP contribution in [0.15, 0.2) is 60.7 Å². The standard InChI is InChI=1S/C19H22N2O2/c1-21(19(23)16-12-13-17(22)20-16)18(14-8-4-2-5-9-14)15-10-6-3-7-11-15/h2-11,16-18,20,22H,12-13H2,1H3/t16-,17?/m0/s1. The summed E-state index contributed by atoms with van der Waals surface area (Å²) >= 11 is 0. The maximum Gasteiger partial charge on any atom is 0.240 e. The second kappa shape index (κ2) is 6.94. The average molecular weight is 310 g/mol. The Labute approximate surface area is 136 Å². The molecular formula is C19H22N2O2. The van der Waals surface area contributed by atoms with Crippen molar-refractivity contribution in [1.29, 1.82) is 0 Å². The van der Waals surface area contributed by atoms with Crippen molar-refractivity contribution < 1.29 is 9.90 Å². The molecule has 3 rings (SSSR count). The second-order valence-corrected chi connectivity index (χ2v) is 5.99. The van der Waals surface area contributed by atoms with E-state index >= 15 is 0 Å². The van der Waals surface area contributed by atoms with Crippen LogP contribution in [0.1, 0.15) is 30.0 Å². The zero-order valence-corrected chi connectivity index (χ0v) is 13.2. The Morgan fingerprint density at radius 3 is 2.00 bits per heavy atom. The van der Waals surface area contributed by atoms with Crippen molar-refractivity contribution >= 4 is 5.91 Å². The van der Waals surface area contributed by atoms with E-state index in [2.05, 4.69) is 5.32 Å². The number of aliphatic hydroxyl groups is 1. The molecule has 0 radical (unpaired) electrons. The molecule has 1 saturated heterocycles. The van der Waals surface area contributed by atoms with E-state index in [1.807, 2.05) is 67.7 Å². The van der Waals surface area contributed by atoms with Gasteiger partial charge in [0.25, 0.3) is 0 Å². The maximum absolute atomic E-state index is 12.8. The number of benzene rings is 2. The van der Waals surface area contributed by atoms with Crippen LogP contribution in [0, 0.1) is 0 Å². The summed E-state index contributed by atoms with van der Waals surface area (Å²) in [6.07, 6.45) is 0.705. The third kappa shape index (κ3) is 3.44. The van der Waals surface area contributed by atoms with Crippen molar-refractivity contribution in [3.63, 3.8) is 0 Å². The molecule has 2 atom stereocenters. The van der Waals surface area contributed by atoms with Gasteiger partial charge in [-0.3, -0.25) is 10.1 Å². The van der Waals surface area contributed by atoms with Gasteiger partial charge in [-0.05, 0) is 24.0 Å². The van der Waals surface area contributed by atoms with Crippen LogP contribution in [-0.4, -0.2) is 35.2 Å². The zero-order chi connectivity index (χ0) is 16.2. The highest BCUT2D eigenvalue weighted by Gasteiger charge is 2.33. The molecule has 1 aliphatic rings. The second-order valence-electron chi connectivity index (χ2n) is 5.99. The number of nitrogens with one attached hydrogen (secondary N) is 1. The Balaban J connectivity index is 1.90. The highest BCUT2D eigenvalue weighted by molar-refractivity contribution is 5.82. The molecule has 1 aliphatic heterocycles. The van der Waals surface area contributed by atoms with Gasteiger partial charge >= 0.3 is 0 Å². The third-order valence-corrected chi connectivity index (χ3v) is 4.39. The van der Waals surface area contributed by atoms with E-state index in [1.54, 1.807) is 4.90 Å². The lowest BCUT2D eigenvalue weighted by Crippen LogP contribution is -2.45. The Morgan fingerprint density at radius 1 is 1.04 bits per heavy atom. The molecule has 4 heteroatoms. The molecule has 120 valence electrons. The number of hydrogen-bond acceptors (Lipinski definition) is 3. The van der Waals surface area contributed by atoms with E-state index in [4.69, 9.17) is 0 Å². The Kier molecular flexibility index (Phi) is 4.74. The van der Waals surface area contributed by atoms with Crippen LogP contribution in [0.25, 0.3) is 0 Å². The molecular weight excluding hydrogens is 288 g/mol. The number of carbonyl (C=O) groups excluding carboxylic acids is 1. The molecule has 23 heavy (non-hydrogen) atoms. The van der Waals surface area contributed by atoms with E-state index in [-0.39, 0.29) is 18.0 Å². The van der Waals surface area contributed by atoms with E-state index in [9.17, 15) is 9.90 Å². The topological polar surface area (TPSA) is 52.6 Å². The first-order valence-corrected chi connectivity index (χ1v) is 7.97. The van der Waals surface area contributed by atoms with Crippen molar-refractivity contribution in [2.75, 3.05) is 7.05 Å². The number of rotatable bonds is 4. The van der Waals surface area contributed by atoms with Crippen LogP contribution in [0.2, 0.25) is 0 Å². The lowest BCUT2D eigenvalue weighted by atomic mass is 9.96. The minimum Gasteiger partial charge on any atom is -0.379 e. The van der Waals surface area contributed by atoms with Gasteiger partial charge in [-0.1, -0.05) is 60.7 Å². The summed E-state index contributed by atoms with van der Waals surface area (Å²) in [5.41, 5.74) is 2.15. The summed E-state index contributed by atoms with van der Waals surface area (Å²) in [7, 11) is 1.83. The fraction of sp³-hybridized carbons (Fsp3) is 0.316. The quantitative estimate of drug-likeness (QED) is 0.911. The maximum atomic E-state index is 12.8. The van der Waals surface area contributed by atoms with E-state index < -0.39 is 6.23 Å². The SMILES string of the molecule is CN(C(=O)[C@@H]1CCC(O)N1)C(c1ccccc1)c1ccccc1. The summed E-state index contributed by atoms with van der Waals surface area (Å²) in [5.74, 6) is 0.0132. The van der Waals surface area contributed by atoms with Gasteiger partial charge in [-0.15, -0.1) is 0 Å². The predicted molar refractivity (Wildman–Crippen MR) is 89.7 cm³/mol. The molecule has 0 aromatic heterocycles. The fourth-order valence-electron chi connectivity index (χ4n) is 3.20. The molecule has 4 nitrogen and oxygen atoms in total. The minimum absolute atomic E-state index is 0.0132. The van der Waals surface area contributed by atoms with Gasteiger partial charge in [0.1, 0.15) is 6.23 Å². The number of aliphatic hydroxyl groups excluding tert-OH is 1. The number of likely N-dealkylation sites (N-methyl/N-ethyl adjacent to an activating group) is 1. The zero-order valence-electron chi connectivity index (χ0n) is 13.2. The molecule has 1 heterocycles. The Morgan fingerprint density at radius 2 is 1.57 bits per heavy atom. The third-order valence-electron chi connectivity index (χ3n) is 4.39. The summed E-state index contributed by atoms with van der Waals surface area (Å²) in [5, 5.41) is 12.6. The van der Waals surface area contributed by atoms with Gasteiger partial charge < -0.3 is 10.0 Å². The fourth-order valence-corrected chi connectivity index (χ4v) is 3.20. The molecule has 0 bridgehead atoms. The van der Waals surface area contributed by atoms with Crippen LogP contribution < -0.4 is 5.32 Å². The smallest absolute Gasteiger partial charge is 0.240 e. The summed E-state index contributed by atoms with van der Waals surface area (Å²) < 4.78 is 0. The Hall–Kier alpha value is -2.17. The monoisotopic (exact) mass is 310 g/mol. The van der Waals surface area contributed by atoms with Crippen LogP contribution in [0.3, 0.4) is 0 Å². The van der Waals surface area contributed by atoms with Crippen molar-refractivity contribution in [1.82, 2.24) is 10.2 Å². The van der Waals surface area contributed by atoms with E-state index in [0.29, 0.717) is 12.8 Å². The summed E-state index contributed by atoms with van der Waals surface area (Å²) in [4.78, 5) is 14.6. The lowest BCUT2D eigenvalue weighted by Gasteiger charge is -2.31. The molecule has 0 aliphatic carbocycles. The van der Waals surface area contributed by atoms with Crippen molar-refractivity contribution in [2.24, 2.45) is 0 Å². The average Bonchev–Trinajstić information content (AvgIpc) is 3.03. The minimum atomic E-state index is -0.579. The van der Waals surface area contributed by atoms with Crippen LogP contribution in [0.5, 0.6) is 0 Å². The lowest BCUT2D eigenvalue weighted by molar-refractivity contribution is -0.133. The van der Waals surface area contributed by atoms with Gasteiger partial charge in [-0.2, -0.15) is 0 Å². The molecule has 2 aromatic carbocycles. The first-order chi connectivity index (χ1) is 11.2. The number of hydrogen-bond donors (Lipinski definition) is 2. The van der Waals surface area contributed by atoms with Gasteiger partial charge in [-0.25, -0.2) is 0 Å². The molecule has 1 unspecified atom stereocenters. The highest BCUT2D eigenvalue weighted by Crippen LogP contribution is 2.28. The summed E-state index contributed by atoms with van der Waals surface area (Å²) in [6, 6.07) is 19.6. The van der Waals surface area contributed by atoms with Gasteiger partial charge in [0.05, 0.1) is 12.1 Å². The number of carbonyl (C=O) groups is 1. The largest absolute Gasteiger partial charge is 0.379 e. The van der Waals surface area contributed by atoms with Crippen LogP contribution in [0.4, 0.5) is 0 Å². The molecule has 2 N–H and O–H groups in total. The first-order valence-electron chi connectivity index (χ1n) is 7.97. The first kappa shape index (κ1) is 15.7. The molecule has 2 aromatic rings. The van der Waals surface area contributed by atoms with Gasteiger partial charge in [0.15, 0.2) is 0 Å². The molecule has 1 fully saturated rings. The van der Waals surface area contributed by atoms with Crippen molar-refractivity contribution in [3.05, 3.63) is 71.8 Å². The predicted octanol–water partition coefficient (Wildman–Crippen LogP) is 2.30. The van der Waals surface area contributed by atoms with Gasteiger partial charge in [0, 0.05) is 7.05 Å². The molecule has 1 amide bonds. The van der Waals surface area contributed by atoms with Crippen LogP contribution in [-0.2, 0) is 4.79 Å². The van der Waals surface area contributed by atoms with Crippen molar-refractivity contribution in [2.45, 2.75) is 31.2 Å². The molecule has 0 spiro atoms. The van der Waals surface area contributed by atoms with E-state index in [0.717, 1.165) is 11.1 Å². The summed E-state index contributed by atoms with van der Waals surface area (Å²) in [6.45, 7) is 0. The van der Waals surface area contributed by atoms with Crippen LogP contribution >= 0.6 is 0 Å². The highest BCUT2D eigenvalue weighted by atomic mass is 16.3. The number of amides is 1. The van der Waals surface area contributed by atoms with Gasteiger partial charge in [0.2, 0.25) is 5.91 Å². The van der Waals surface area contributed by atoms with E-state index in [1.165, 1.54) is 0 Å². The van der Waals surface area contributed by atoms with Crippen molar-refractivity contribution in [3.8, 4) is 0 Å². The number of nitrogens with zero attached hydrogens (tertiary/aromatic N) is 1. The normalized spacial score (nSPS) is 20.7. The Bertz CT molecular complexity index is 605. The molecule has 0 saturated carbocycles.